The van der Waals surface area contributed by atoms with Gasteiger partial charge in [0.1, 0.15) is 6.33 Å². The molecule has 3 rings (SSSR count). The lowest BCUT2D eigenvalue weighted by Crippen LogP contribution is -2.43. The molecule has 1 amide bonds. The predicted molar refractivity (Wildman–Crippen MR) is 81.5 cm³/mol. The van der Waals surface area contributed by atoms with Gasteiger partial charge < -0.3 is 9.64 Å². The van der Waals surface area contributed by atoms with E-state index in [2.05, 4.69) is 15.2 Å². The molecule has 2 aromatic rings. The number of rotatable bonds is 4. The normalized spacial score (nSPS) is 16.0. The fourth-order valence-electron chi connectivity index (χ4n) is 2.85. The molecule has 1 saturated heterocycles. The number of hydrogen-bond donors (Lipinski definition) is 1. The van der Waals surface area contributed by atoms with Crippen LogP contribution < -0.4 is 0 Å². The summed E-state index contributed by atoms with van der Waals surface area (Å²) >= 11 is 0. The minimum atomic E-state index is -4.42. The molecule has 0 atom stereocenters. The number of hydrogen-bond acceptors (Lipinski definition) is 4. The first kappa shape index (κ1) is 17.4. The van der Waals surface area contributed by atoms with Gasteiger partial charge in [0, 0.05) is 25.8 Å². The lowest BCUT2D eigenvalue weighted by Gasteiger charge is -2.34. The van der Waals surface area contributed by atoms with E-state index in [9.17, 15) is 18.0 Å². The number of nitrogens with zero attached hydrogens (tertiary/aromatic N) is 3. The van der Waals surface area contributed by atoms with Crippen molar-refractivity contribution in [2.75, 3.05) is 13.2 Å². The summed E-state index contributed by atoms with van der Waals surface area (Å²) in [5, 5.41) is 6.18. The van der Waals surface area contributed by atoms with Gasteiger partial charge in [0.25, 0.3) is 5.91 Å². The average Bonchev–Trinajstić information content (AvgIpc) is 3.14. The zero-order valence-corrected chi connectivity index (χ0v) is 13.3. The number of ether oxygens (including phenoxy) is 1. The largest absolute Gasteiger partial charge is 0.416 e. The van der Waals surface area contributed by atoms with Crippen LogP contribution in [-0.2, 0) is 17.5 Å². The van der Waals surface area contributed by atoms with E-state index in [1.807, 2.05) is 0 Å². The quantitative estimate of drug-likeness (QED) is 0.916. The zero-order valence-electron chi connectivity index (χ0n) is 13.3. The Morgan fingerprint density at radius 3 is 2.72 bits per heavy atom. The summed E-state index contributed by atoms with van der Waals surface area (Å²) in [7, 11) is 0. The first-order chi connectivity index (χ1) is 11.9. The van der Waals surface area contributed by atoms with Gasteiger partial charge in [0.2, 0.25) is 5.82 Å². The summed E-state index contributed by atoms with van der Waals surface area (Å²) in [6, 6.07) is 4.88. The van der Waals surface area contributed by atoms with Gasteiger partial charge >= 0.3 is 6.18 Å². The average molecular weight is 354 g/mol. The van der Waals surface area contributed by atoms with Crippen LogP contribution in [0.25, 0.3) is 0 Å². The van der Waals surface area contributed by atoms with E-state index in [0.29, 0.717) is 31.6 Å². The number of H-pyrrole nitrogens is 1. The maximum absolute atomic E-state index is 12.9. The van der Waals surface area contributed by atoms with E-state index in [1.165, 1.54) is 12.4 Å². The van der Waals surface area contributed by atoms with Crippen molar-refractivity contribution in [2.45, 2.75) is 31.6 Å². The van der Waals surface area contributed by atoms with Crippen LogP contribution in [0.5, 0.6) is 0 Å². The lowest BCUT2D eigenvalue weighted by molar-refractivity contribution is -0.137. The van der Waals surface area contributed by atoms with Crippen LogP contribution >= 0.6 is 0 Å². The van der Waals surface area contributed by atoms with Gasteiger partial charge in [-0.1, -0.05) is 12.1 Å². The second-order valence-corrected chi connectivity index (χ2v) is 5.81. The van der Waals surface area contributed by atoms with Gasteiger partial charge in [-0.2, -0.15) is 18.3 Å². The summed E-state index contributed by atoms with van der Waals surface area (Å²) in [6.07, 6.45) is -1.95. The number of halogens is 3. The summed E-state index contributed by atoms with van der Waals surface area (Å²) in [5.74, 6) is -0.319. The van der Waals surface area contributed by atoms with Crippen LogP contribution in [0.2, 0.25) is 0 Å². The van der Waals surface area contributed by atoms with Crippen LogP contribution in [0, 0.1) is 0 Å². The molecule has 134 valence electrons. The fourth-order valence-corrected chi connectivity index (χ4v) is 2.85. The minimum Gasteiger partial charge on any atom is -0.381 e. The summed E-state index contributed by atoms with van der Waals surface area (Å²) < 4.78 is 44.1. The van der Waals surface area contributed by atoms with Gasteiger partial charge in [-0.25, -0.2) is 4.98 Å². The third-order valence-corrected chi connectivity index (χ3v) is 4.12. The van der Waals surface area contributed by atoms with E-state index in [4.69, 9.17) is 4.74 Å². The molecule has 1 N–H and O–H groups in total. The van der Waals surface area contributed by atoms with Gasteiger partial charge in [-0.3, -0.25) is 9.89 Å². The topological polar surface area (TPSA) is 71.1 Å². The van der Waals surface area contributed by atoms with Crippen molar-refractivity contribution in [3.63, 3.8) is 0 Å². The first-order valence-electron chi connectivity index (χ1n) is 7.85. The number of alkyl halides is 3. The second-order valence-electron chi connectivity index (χ2n) is 5.81. The molecule has 0 radical (unpaired) electrons. The smallest absolute Gasteiger partial charge is 0.381 e. The summed E-state index contributed by atoms with van der Waals surface area (Å²) in [6.45, 7) is 1.08. The Hall–Kier alpha value is -2.42. The monoisotopic (exact) mass is 354 g/mol. The maximum atomic E-state index is 12.9. The third kappa shape index (κ3) is 4.16. The Balaban J connectivity index is 1.86. The molecule has 1 aliphatic rings. The SMILES string of the molecule is O=C(c1ncn[nH]1)N(Cc1cccc(C(F)(F)F)c1)C1CCOCC1. The van der Waals surface area contributed by atoms with Crippen LogP contribution in [0.3, 0.4) is 0 Å². The van der Waals surface area contributed by atoms with Crippen molar-refractivity contribution in [3.05, 3.63) is 47.5 Å². The summed E-state index contributed by atoms with van der Waals surface area (Å²) in [5.41, 5.74) is -0.321. The Bertz CT molecular complexity index is 712. The second kappa shape index (κ2) is 7.22. The number of benzene rings is 1. The van der Waals surface area contributed by atoms with Crippen LogP contribution in [-0.4, -0.2) is 45.2 Å². The molecule has 6 nitrogen and oxygen atoms in total. The third-order valence-electron chi connectivity index (χ3n) is 4.12. The Morgan fingerprint density at radius 2 is 2.08 bits per heavy atom. The standard InChI is InChI=1S/C16H17F3N4O2/c17-16(18,19)12-3-1-2-11(8-12)9-23(13-4-6-25-7-5-13)15(24)14-20-10-21-22-14/h1-3,8,10,13H,4-7,9H2,(H,20,21,22). The van der Waals surface area contributed by atoms with E-state index < -0.39 is 11.7 Å². The molecule has 0 aliphatic carbocycles. The number of aromatic nitrogens is 3. The minimum absolute atomic E-state index is 0.0636. The highest BCUT2D eigenvalue weighted by Gasteiger charge is 2.32. The molecule has 1 aromatic carbocycles. The van der Waals surface area contributed by atoms with E-state index in [-0.39, 0.29) is 24.3 Å². The molecule has 25 heavy (non-hydrogen) atoms. The zero-order chi connectivity index (χ0) is 17.9. The Kier molecular flexibility index (Phi) is 5.03. The number of nitrogens with one attached hydrogen (secondary N) is 1. The van der Waals surface area contributed by atoms with Crippen molar-refractivity contribution in [2.24, 2.45) is 0 Å². The molecule has 1 aromatic heterocycles. The van der Waals surface area contributed by atoms with Crippen molar-refractivity contribution in [1.82, 2.24) is 20.1 Å². The van der Waals surface area contributed by atoms with Crippen molar-refractivity contribution < 1.29 is 22.7 Å². The molecule has 2 heterocycles. The van der Waals surface area contributed by atoms with Crippen molar-refractivity contribution in [3.8, 4) is 0 Å². The fraction of sp³-hybridized carbons (Fsp3) is 0.438. The molecule has 1 fully saturated rings. The predicted octanol–water partition coefficient (Wildman–Crippen LogP) is 2.64. The van der Waals surface area contributed by atoms with Crippen molar-refractivity contribution >= 4 is 5.91 Å². The number of carbonyl (C=O) groups excluding carboxylic acids is 1. The van der Waals surface area contributed by atoms with Gasteiger partial charge in [-0.15, -0.1) is 0 Å². The molecular weight excluding hydrogens is 337 g/mol. The van der Waals surface area contributed by atoms with E-state index in [0.717, 1.165) is 12.1 Å². The molecule has 1 aliphatic heterocycles. The molecule has 0 unspecified atom stereocenters. The number of amides is 1. The lowest BCUT2D eigenvalue weighted by atomic mass is 10.0. The van der Waals surface area contributed by atoms with Crippen LogP contribution in [0.1, 0.15) is 34.6 Å². The molecule has 9 heteroatoms. The highest BCUT2D eigenvalue weighted by Crippen LogP contribution is 2.30. The molecule has 0 spiro atoms. The Labute approximate surface area is 142 Å². The number of aromatic amines is 1. The highest BCUT2D eigenvalue weighted by molar-refractivity contribution is 5.90. The summed E-state index contributed by atoms with van der Waals surface area (Å²) in [4.78, 5) is 18.1. The van der Waals surface area contributed by atoms with Crippen LogP contribution in [0.15, 0.2) is 30.6 Å². The Morgan fingerprint density at radius 1 is 1.32 bits per heavy atom. The van der Waals surface area contributed by atoms with E-state index in [1.54, 1.807) is 11.0 Å². The van der Waals surface area contributed by atoms with E-state index >= 15 is 0 Å². The maximum Gasteiger partial charge on any atom is 0.416 e. The van der Waals surface area contributed by atoms with Gasteiger partial charge in [-0.05, 0) is 30.5 Å². The van der Waals surface area contributed by atoms with Crippen LogP contribution in [0.4, 0.5) is 13.2 Å². The van der Waals surface area contributed by atoms with Gasteiger partial charge in [0.15, 0.2) is 0 Å². The molecular formula is C16H17F3N4O2. The van der Waals surface area contributed by atoms with Gasteiger partial charge in [0.05, 0.1) is 5.56 Å². The molecule has 0 saturated carbocycles. The van der Waals surface area contributed by atoms with Crippen molar-refractivity contribution in [1.29, 1.82) is 0 Å². The highest BCUT2D eigenvalue weighted by atomic mass is 19.4. The first-order valence-corrected chi connectivity index (χ1v) is 7.85. The number of carbonyl (C=O) groups is 1. The molecule has 0 bridgehead atoms.